The second-order valence-corrected chi connectivity index (χ2v) is 5.60. The van der Waals surface area contributed by atoms with Crippen LogP contribution < -0.4 is 15.4 Å². The fourth-order valence-electron chi connectivity index (χ4n) is 2.93. The number of rotatable bonds is 4. The number of hydrogen-bond acceptors (Lipinski definition) is 3. The number of carbonyl (C=O) groups is 1. The Balaban J connectivity index is 2.24. The van der Waals surface area contributed by atoms with Gasteiger partial charge in [-0.15, -0.1) is 0 Å². The Morgan fingerprint density at radius 3 is 2.75 bits per heavy atom. The first kappa shape index (κ1) is 14.9. The van der Waals surface area contributed by atoms with Gasteiger partial charge in [0.15, 0.2) is 0 Å². The van der Waals surface area contributed by atoms with Gasteiger partial charge in [0, 0.05) is 17.8 Å². The van der Waals surface area contributed by atoms with E-state index in [4.69, 9.17) is 4.74 Å². The lowest BCUT2D eigenvalue weighted by molar-refractivity contribution is -0.124. The van der Waals surface area contributed by atoms with Gasteiger partial charge in [0.1, 0.15) is 5.75 Å². The molecular weight excluding hydrogens is 252 g/mol. The summed E-state index contributed by atoms with van der Waals surface area (Å²) >= 11 is 0. The summed E-state index contributed by atoms with van der Waals surface area (Å²) in [6, 6.07) is 3.93. The second-order valence-electron chi connectivity index (χ2n) is 5.60. The van der Waals surface area contributed by atoms with E-state index in [9.17, 15) is 4.79 Å². The van der Waals surface area contributed by atoms with Crippen molar-refractivity contribution in [1.29, 1.82) is 0 Å². The van der Waals surface area contributed by atoms with Crippen molar-refractivity contribution in [3.05, 3.63) is 23.3 Å². The van der Waals surface area contributed by atoms with E-state index in [-0.39, 0.29) is 11.3 Å². The Kier molecular flexibility index (Phi) is 4.33. The van der Waals surface area contributed by atoms with Gasteiger partial charge in [-0.2, -0.15) is 0 Å². The molecule has 0 aliphatic carbocycles. The number of benzene rings is 1. The summed E-state index contributed by atoms with van der Waals surface area (Å²) in [6.07, 6.45) is 1.76. The maximum atomic E-state index is 12.6. The highest BCUT2D eigenvalue weighted by Crippen LogP contribution is 2.34. The molecule has 20 heavy (non-hydrogen) atoms. The highest BCUT2D eigenvalue weighted by Gasteiger charge is 2.39. The zero-order chi connectivity index (χ0) is 14.8. The number of aryl methyl sites for hydroxylation is 1. The molecule has 1 aromatic carbocycles. The van der Waals surface area contributed by atoms with Crippen LogP contribution in [0.3, 0.4) is 0 Å². The smallest absolute Gasteiger partial charge is 0.231 e. The molecule has 1 fully saturated rings. The second kappa shape index (κ2) is 5.83. The number of nitrogens with one attached hydrogen (secondary N) is 2. The van der Waals surface area contributed by atoms with Gasteiger partial charge in [-0.25, -0.2) is 0 Å². The lowest BCUT2D eigenvalue weighted by Crippen LogP contribution is -2.37. The minimum absolute atomic E-state index is 0.110. The van der Waals surface area contributed by atoms with Crippen LogP contribution in [0.4, 0.5) is 5.69 Å². The Morgan fingerprint density at radius 2 is 2.20 bits per heavy atom. The monoisotopic (exact) mass is 276 g/mol. The molecule has 1 aromatic rings. The minimum atomic E-state index is -0.273. The first-order valence-corrected chi connectivity index (χ1v) is 7.20. The minimum Gasteiger partial charge on any atom is -0.496 e. The molecule has 110 valence electrons. The Morgan fingerprint density at radius 1 is 1.45 bits per heavy atom. The topological polar surface area (TPSA) is 50.4 Å². The van der Waals surface area contributed by atoms with E-state index in [0.717, 1.165) is 48.5 Å². The number of amides is 1. The van der Waals surface area contributed by atoms with E-state index in [1.165, 1.54) is 0 Å². The molecule has 4 heteroatoms. The largest absolute Gasteiger partial charge is 0.496 e. The normalized spacial score (nSPS) is 21.8. The maximum Gasteiger partial charge on any atom is 0.231 e. The Hall–Kier alpha value is -1.55. The van der Waals surface area contributed by atoms with Crippen molar-refractivity contribution in [2.24, 2.45) is 5.41 Å². The molecule has 0 radical (unpaired) electrons. The van der Waals surface area contributed by atoms with Crippen molar-refractivity contribution < 1.29 is 9.53 Å². The number of anilines is 1. The van der Waals surface area contributed by atoms with Crippen molar-refractivity contribution >= 4 is 11.6 Å². The van der Waals surface area contributed by atoms with E-state index in [1.807, 2.05) is 26.0 Å². The summed E-state index contributed by atoms with van der Waals surface area (Å²) in [4.78, 5) is 12.6. The first-order valence-electron chi connectivity index (χ1n) is 7.20. The fraction of sp³-hybridized carbons (Fsp3) is 0.562. The zero-order valence-corrected chi connectivity index (χ0v) is 12.8. The number of methoxy groups -OCH3 is 1. The lowest BCUT2D eigenvalue weighted by atomic mass is 9.83. The van der Waals surface area contributed by atoms with Crippen molar-refractivity contribution in [2.45, 2.75) is 33.6 Å². The van der Waals surface area contributed by atoms with Crippen LogP contribution in [0.1, 0.15) is 30.9 Å². The van der Waals surface area contributed by atoms with Crippen LogP contribution >= 0.6 is 0 Å². The zero-order valence-electron chi connectivity index (χ0n) is 12.8. The summed E-state index contributed by atoms with van der Waals surface area (Å²) in [5.41, 5.74) is 2.64. The molecule has 0 spiro atoms. The van der Waals surface area contributed by atoms with E-state index in [1.54, 1.807) is 7.11 Å². The summed E-state index contributed by atoms with van der Waals surface area (Å²) < 4.78 is 5.41. The van der Waals surface area contributed by atoms with Crippen LogP contribution in [-0.2, 0) is 4.79 Å². The number of carbonyl (C=O) groups excluding carboxylic acids is 1. The van der Waals surface area contributed by atoms with E-state index in [2.05, 4.69) is 17.6 Å². The molecule has 1 aliphatic heterocycles. The molecule has 2 N–H and O–H groups in total. The predicted molar refractivity (Wildman–Crippen MR) is 81.3 cm³/mol. The van der Waals surface area contributed by atoms with E-state index < -0.39 is 0 Å². The molecule has 1 atom stereocenters. The third-order valence-corrected chi connectivity index (χ3v) is 4.46. The van der Waals surface area contributed by atoms with Crippen LogP contribution in [0.15, 0.2) is 12.1 Å². The van der Waals surface area contributed by atoms with Gasteiger partial charge in [0.05, 0.1) is 12.5 Å². The standard InChI is InChI=1S/C16H24N2O2/c1-5-16(8-9-17-10-16)15(19)18-13-7-6-11(2)14(20-4)12(13)3/h6-7,17H,5,8-10H2,1-4H3,(H,18,19). The van der Waals surface area contributed by atoms with Crippen LogP contribution in [-0.4, -0.2) is 26.1 Å². The molecule has 1 unspecified atom stereocenters. The molecule has 4 nitrogen and oxygen atoms in total. The maximum absolute atomic E-state index is 12.6. The summed E-state index contributed by atoms with van der Waals surface area (Å²) in [5.74, 6) is 0.955. The lowest BCUT2D eigenvalue weighted by Gasteiger charge is -2.26. The summed E-state index contributed by atoms with van der Waals surface area (Å²) in [5, 5.41) is 6.38. The van der Waals surface area contributed by atoms with Gasteiger partial charge in [-0.3, -0.25) is 4.79 Å². The number of ether oxygens (including phenoxy) is 1. The fourth-order valence-corrected chi connectivity index (χ4v) is 2.93. The van der Waals surface area contributed by atoms with Crippen LogP contribution in [0.5, 0.6) is 5.75 Å². The van der Waals surface area contributed by atoms with E-state index in [0.29, 0.717) is 0 Å². The highest BCUT2D eigenvalue weighted by molar-refractivity contribution is 5.96. The van der Waals surface area contributed by atoms with Crippen molar-refractivity contribution in [3.63, 3.8) is 0 Å². The Labute approximate surface area is 120 Å². The molecule has 0 bridgehead atoms. The first-order chi connectivity index (χ1) is 9.54. The van der Waals surface area contributed by atoms with Crippen molar-refractivity contribution in [2.75, 3.05) is 25.5 Å². The Bertz CT molecular complexity index is 505. The third-order valence-electron chi connectivity index (χ3n) is 4.46. The van der Waals surface area contributed by atoms with Gasteiger partial charge in [0.25, 0.3) is 0 Å². The summed E-state index contributed by atoms with van der Waals surface area (Å²) in [6.45, 7) is 7.74. The molecule has 2 rings (SSSR count). The van der Waals surface area contributed by atoms with E-state index >= 15 is 0 Å². The average molecular weight is 276 g/mol. The highest BCUT2D eigenvalue weighted by atomic mass is 16.5. The van der Waals surface area contributed by atoms with Crippen molar-refractivity contribution in [3.8, 4) is 5.75 Å². The van der Waals surface area contributed by atoms with Crippen molar-refractivity contribution in [1.82, 2.24) is 5.32 Å². The SMILES string of the molecule is CCC1(C(=O)Nc2ccc(C)c(OC)c2C)CCNC1. The average Bonchev–Trinajstić information content (AvgIpc) is 2.92. The van der Waals surface area contributed by atoms with Gasteiger partial charge in [0.2, 0.25) is 5.91 Å². The summed E-state index contributed by atoms with van der Waals surface area (Å²) in [7, 11) is 1.66. The third kappa shape index (κ3) is 2.52. The molecule has 1 heterocycles. The molecule has 1 saturated heterocycles. The van der Waals surface area contributed by atoms with Gasteiger partial charge >= 0.3 is 0 Å². The van der Waals surface area contributed by atoms with Gasteiger partial charge in [-0.05, 0) is 44.9 Å². The van der Waals surface area contributed by atoms with Gasteiger partial charge in [-0.1, -0.05) is 13.0 Å². The molecule has 1 amide bonds. The molecule has 0 saturated carbocycles. The number of hydrogen-bond donors (Lipinski definition) is 2. The van der Waals surface area contributed by atoms with Crippen LogP contribution in [0.2, 0.25) is 0 Å². The molecule has 0 aromatic heterocycles. The quantitative estimate of drug-likeness (QED) is 0.889. The molecular formula is C16H24N2O2. The molecule has 1 aliphatic rings. The van der Waals surface area contributed by atoms with Crippen LogP contribution in [0, 0.1) is 19.3 Å². The van der Waals surface area contributed by atoms with Crippen LogP contribution in [0.25, 0.3) is 0 Å². The van der Waals surface area contributed by atoms with Gasteiger partial charge < -0.3 is 15.4 Å². The predicted octanol–water partition coefficient (Wildman–Crippen LogP) is 2.64.